The van der Waals surface area contributed by atoms with E-state index in [1.807, 2.05) is 19.9 Å². The van der Waals surface area contributed by atoms with Gasteiger partial charge in [0, 0.05) is 18.8 Å². The molecule has 1 N–H and O–H groups in total. The number of rotatable bonds is 5. The summed E-state index contributed by atoms with van der Waals surface area (Å²) >= 11 is 0. The lowest BCUT2D eigenvalue weighted by Crippen LogP contribution is -2.22. The van der Waals surface area contributed by atoms with E-state index in [1.54, 1.807) is 19.3 Å². The topological polar surface area (TPSA) is 87.6 Å². The van der Waals surface area contributed by atoms with Gasteiger partial charge in [-0.3, -0.25) is 0 Å². The first-order valence-corrected chi connectivity index (χ1v) is 6.58. The standard InChI is InChI=1S/C14H17N5O/c1-4-14(5-2,9-15)13-18-12(19-20-13)10-6-7-17-11(8-10)16-3/h6-8H,4-5H2,1-3H3,(H,16,17). The van der Waals surface area contributed by atoms with Gasteiger partial charge in [-0.2, -0.15) is 10.2 Å². The summed E-state index contributed by atoms with van der Waals surface area (Å²) in [7, 11) is 1.79. The van der Waals surface area contributed by atoms with Gasteiger partial charge in [-0.15, -0.1) is 0 Å². The minimum atomic E-state index is -0.704. The highest BCUT2D eigenvalue weighted by Gasteiger charge is 2.35. The van der Waals surface area contributed by atoms with Gasteiger partial charge in [-0.1, -0.05) is 19.0 Å². The predicted molar refractivity (Wildman–Crippen MR) is 74.9 cm³/mol. The van der Waals surface area contributed by atoms with Gasteiger partial charge in [0.15, 0.2) is 0 Å². The Morgan fingerprint density at radius 2 is 2.15 bits per heavy atom. The van der Waals surface area contributed by atoms with Crippen LogP contribution in [0.3, 0.4) is 0 Å². The molecule has 0 aromatic carbocycles. The molecule has 0 aliphatic heterocycles. The Morgan fingerprint density at radius 1 is 1.40 bits per heavy atom. The van der Waals surface area contributed by atoms with Gasteiger partial charge in [0.25, 0.3) is 0 Å². The van der Waals surface area contributed by atoms with Crippen LogP contribution in [-0.2, 0) is 5.41 Å². The molecule has 0 fully saturated rings. The highest BCUT2D eigenvalue weighted by Crippen LogP contribution is 2.31. The first-order chi connectivity index (χ1) is 9.69. The van der Waals surface area contributed by atoms with Crippen LogP contribution in [0.25, 0.3) is 11.4 Å². The fourth-order valence-corrected chi connectivity index (χ4v) is 2.00. The largest absolute Gasteiger partial charge is 0.373 e. The number of hydrogen-bond donors (Lipinski definition) is 1. The number of aromatic nitrogens is 3. The Labute approximate surface area is 117 Å². The van der Waals surface area contributed by atoms with Crippen LogP contribution < -0.4 is 5.32 Å². The molecular weight excluding hydrogens is 254 g/mol. The summed E-state index contributed by atoms with van der Waals surface area (Å²) < 4.78 is 5.31. The second kappa shape index (κ2) is 5.70. The lowest BCUT2D eigenvalue weighted by molar-refractivity contribution is 0.308. The molecule has 0 atom stereocenters. The van der Waals surface area contributed by atoms with Crippen molar-refractivity contribution in [3.8, 4) is 17.5 Å². The van der Waals surface area contributed by atoms with Crippen LogP contribution in [0.4, 0.5) is 5.82 Å². The van der Waals surface area contributed by atoms with Gasteiger partial charge in [0.05, 0.1) is 6.07 Å². The SMILES string of the molecule is CCC(C#N)(CC)c1nc(-c2ccnc(NC)c2)no1. The zero-order chi connectivity index (χ0) is 14.6. The van der Waals surface area contributed by atoms with E-state index in [2.05, 4.69) is 26.5 Å². The number of hydrogen-bond acceptors (Lipinski definition) is 6. The Hall–Kier alpha value is -2.42. The second-order valence-corrected chi connectivity index (χ2v) is 4.50. The van der Waals surface area contributed by atoms with E-state index >= 15 is 0 Å². The third kappa shape index (κ3) is 2.35. The minimum absolute atomic E-state index is 0.378. The fraction of sp³-hybridized carbons (Fsp3) is 0.429. The lowest BCUT2D eigenvalue weighted by Gasteiger charge is -2.17. The van der Waals surface area contributed by atoms with Crippen molar-refractivity contribution in [2.75, 3.05) is 12.4 Å². The molecule has 6 heteroatoms. The summed E-state index contributed by atoms with van der Waals surface area (Å²) in [6.45, 7) is 3.89. The van der Waals surface area contributed by atoms with E-state index in [9.17, 15) is 5.26 Å². The zero-order valence-electron chi connectivity index (χ0n) is 11.8. The van der Waals surface area contributed by atoms with Crippen molar-refractivity contribution in [2.45, 2.75) is 32.1 Å². The molecule has 2 heterocycles. The van der Waals surface area contributed by atoms with Crippen molar-refractivity contribution in [3.05, 3.63) is 24.2 Å². The first kappa shape index (κ1) is 14.0. The summed E-state index contributed by atoms with van der Waals surface area (Å²) in [4.78, 5) is 8.52. The monoisotopic (exact) mass is 271 g/mol. The minimum Gasteiger partial charge on any atom is -0.373 e. The molecule has 0 aliphatic rings. The van der Waals surface area contributed by atoms with E-state index < -0.39 is 5.41 Å². The summed E-state index contributed by atoms with van der Waals surface area (Å²) in [6.07, 6.45) is 2.95. The van der Waals surface area contributed by atoms with Crippen molar-refractivity contribution in [1.29, 1.82) is 5.26 Å². The van der Waals surface area contributed by atoms with Crippen LogP contribution in [0.5, 0.6) is 0 Å². The normalized spacial score (nSPS) is 11.1. The Bertz CT molecular complexity index is 624. The van der Waals surface area contributed by atoms with E-state index in [4.69, 9.17) is 4.52 Å². The molecule has 2 rings (SSSR count). The Balaban J connectivity index is 2.40. The van der Waals surface area contributed by atoms with Crippen molar-refractivity contribution in [2.24, 2.45) is 0 Å². The zero-order valence-corrected chi connectivity index (χ0v) is 11.8. The molecule has 2 aromatic rings. The van der Waals surface area contributed by atoms with Crippen LogP contribution in [0.1, 0.15) is 32.6 Å². The predicted octanol–water partition coefficient (Wildman–Crippen LogP) is 2.75. The van der Waals surface area contributed by atoms with Gasteiger partial charge in [-0.05, 0) is 25.0 Å². The maximum Gasteiger partial charge on any atom is 0.247 e. The molecule has 6 nitrogen and oxygen atoms in total. The van der Waals surface area contributed by atoms with E-state index in [0.717, 1.165) is 11.4 Å². The molecular formula is C14H17N5O. The second-order valence-electron chi connectivity index (χ2n) is 4.50. The van der Waals surface area contributed by atoms with Crippen molar-refractivity contribution in [1.82, 2.24) is 15.1 Å². The number of nitriles is 1. The maximum atomic E-state index is 9.39. The highest BCUT2D eigenvalue weighted by atomic mass is 16.5. The molecule has 0 aliphatic carbocycles. The van der Waals surface area contributed by atoms with Gasteiger partial charge in [0.1, 0.15) is 11.2 Å². The molecule has 0 bridgehead atoms. The van der Waals surface area contributed by atoms with Crippen molar-refractivity contribution in [3.63, 3.8) is 0 Å². The Kier molecular flexibility index (Phi) is 3.99. The van der Waals surface area contributed by atoms with Crippen molar-refractivity contribution >= 4 is 5.82 Å². The third-order valence-corrected chi connectivity index (χ3v) is 3.53. The van der Waals surface area contributed by atoms with E-state index in [-0.39, 0.29) is 0 Å². The molecule has 0 saturated carbocycles. The van der Waals surface area contributed by atoms with Crippen LogP contribution in [-0.4, -0.2) is 22.2 Å². The molecule has 0 unspecified atom stereocenters. The van der Waals surface area contributed by atoms with E-state index in [0.29, 0.717) is 24.6 Å². The average Bonchev–Trinajstić information content (AvgIpc) is 3.00. The molecule has 0 saturated heterocycles. The quantitative estimate of drug-likeness (QED) is 0.899. The molecule has 20 heavy (non-hydrogen) atoms. The summed E-state index contributed by atoms with van der Waals surface area (Å²) in [6, 6.07) is 5.94. The number of pyridine rings is 1. The molecule has 0 amide bonds. The fourth-order valence-electron chi connectivity index (χ4n) is 2.00. The van der Waals surface area contributed by atoms with Gasteiger partial charge in [-0.25, -0.2) is 4.98 Å². The van der Waals surface area contributed by atoms with Crippen LogP contribution in [0, 0.1) is 11.3 Å². The Morgan fingerprint density at radius 3 is 2.75 bits per heavy atom. The molecule has 0 radical (unpaired) electrons. The third-order valence-electron chi connectivity index (χ3n) is 3.53. The van der Waals surface area contributed by atoms with Gasteiger partial charge < -0.3 is 9.84 Å². The highest BCUT2D eigenvalue weighted by molar-refractivity contribution is 5.58. The summed E-state index contributed by atoms with van der Waals surface area (Å²) in [5, 5.41) is 16.3. The summed E-state index contributed by atoms with van der Waals surface area (Å²) in [5.74, 6) is 1.58. The van der Waals surface area contributed by atoms with Gasteiger partial charge in [0.2, 0.25) is 11.7 Å². The number of nitrogens with one attached hydrogen (secondary N) is 1. The lowest BCUT2D eigenvalue weighted by atomic mass is 9.84. The first-order valence-electron chi connectivity index (χ1n) is 6.58. The molecule has 2 aromatic heterocycles. The van der Waals surface area contributed by atoms with Crippen LogP contribution in [0.2, 0.25) is 0 Å². The number of nitrogens with zero attached hydrogens (tertiary/aromatic N) is 4. The maximum absolute atomic E-state index is 9.39. The van der Waals surface area contributed by atoms with Crippen LogP contribution >= 0.6 is 0 Å². The summed E-state index contributed by atoms with van der Waals surface area (Å²) in [5.41, 5.74) is 0.0998. The smallest absolute Gasteiger partial charge is 0.247 e. The number of anilines is 1. The van der Waals surface area contributed by atoms with Gasteiger partial charge >= 0.3 is 0 Å². The average molecular weight is 271 g/mol. The van der Waals surface area contributed by atoms with Crippen molar-refractivity contribution < 1.29 is 4.52 Å². The molecule has 104 valence electrons. The van der Waals surface area contributed by atoms with Crippen LogP contribution in [0.15, 0.2) is 22.9 Å². The van der Waals surface area contributed by atoms with E-state index in [1.165, 1.54) is 0 Å². The molecule has 0 spiro atoms.